The third-order valence-electron chi connectivity index (χ3n) is 6.28. The number of nitrogens with zero attached hydrogens (tertiary/aromatic N) is 1. The molecule has 5 rings (SSSR count). The second-order valence-corrected chi connectivity index (χ2v) is 8.52. The second-order valence-electron chi connectivity index (χ2n) is 8.52. The van der Waals surface area contributed by atoms with E-state index in [2.05, 4.69) is 28.2 Å². The largest absolute Gasteiger partial charge is 0.493 e. The van der Waals surface area contributed by atoms with Crippen LogP contribution >= 0.6 is 0 Å². The van der Waals surface area contributed by atoms with E-state index < -0.39 is 5.97 Å². The molecule has 0 bridgehead atoms. The summed E-state index contributed by atoms with van der Waals surface area (Å²) in [6.45, 7) is 1.99. The van der Waals surface area contributed by atoms with Gasteiger partial charge in [0.2, 0.25) is 0 Å². The monoisotopic (exact) mass is 454 g/mol. The number of benzene rings is 3. The maximum atomic E-state index is 12.5. The Kier molecular flexibility index (Phi) is 6.04. The zero-order chi connectivity index (χ0) is 23.5. The van der Waals surface area contributed by atoms with Crippen LogP contribution in [0.3, 0.4) is 0 Å². The number of nitrogens with one attached hydrogen (secondary N) is 1. The Morgan fingerprint density at radius 3 is 2.62 bits per heavy atom. The van der Waals surface area contributed by atoms with Gasteiger partial charge < -0.3 is 19.7 Å². The van der Waals surface area contributed by atoms with Crippen LogP contribution in [0.15, 0.2) is 72.9 Å². The number of carboxylic acids is 1. The predicted octanol–water partition coefficient (Wildman–Crippen LogP) is 5.15. The lowest BCUT2D eigenvalue weighted by Gasteiger charge is -2.08. The number of carboxylic acid groups (broad SMARTS) is 1. The molecular formula is C28H26N2O4. The summed E-state index contributed by atoms with van der Waals surface area (Å²) in [5.41, 5.74) is 5.11. The third-order valence-corrected chi connectivity index (χ3v) is 6.28. The molecule has 6 heteroatoms. The smallest absolute Gasteiger partial charge is 0.335 e. The number of ether oxygens (including phenoxy) is 1. The van der Waals surface area contributed by atoms with Crippen LogP contribution in [0.5, 0.6) is 5.75 Å². The molecule has 0 aliphatic carbocycles. The SMILES string of the molecule is O=C(O)c1ccc2c(-c3ccccc3)cn(CCCCNC(=O)c3ccc4c(c3)CCO4)c2c1. The fourth-order valence-electron chi connectivity index (χ4n) is 4.50. The maximum absolute atomic E-state index is 12.5. The van der Waals surface area contributed by atoms with Crippen LogP contribution < -0.4 is 10.1 Å². The van der Waals surface area contributed by atoms with E-state index in [1.165, 1.54) is 0 Å². The lowest BCUT2D eigenvalue weighted by atomic mass is 10.0. The van der Waals surface area contributed by atoms with Crippen molar-refractivity contribution in [2.75, 3.05) is 13.2 Å². The highest BCUT2D eigenvalue weighted by Crippen LogP contribution is 2.31. The molecule has 0 unspecified atom stereocenters. The highest BCUT2D eigenvalue weighted by atomic mass is 16.5. The Hall–Kier alpha value is -4.06. The van der Waals surface area contributed by atoms with Crippen molar-refractivity contribution >= 4 is 22.8 Å². The second kappa shape index (κ2) is 9.43. The summed E-state index contributed by atoms with van der Waals surface area (Å²) in [6, 6.07) is 21.0. The molecule has 1 aliphatic rings. The number of aryl methyl sites for hydroxylation is 1. The van der Waals surface area contributed by atoms with Gasteiger partial charge >= 0.3 is 5.97 Å². The molecule has 3 aromatic carbocycles. The highest BCUT2D eigenvalue weighted by Gasteiger charge is 2.15. The molecule has 172 valence electrons. The van der Waals surface area contributed by atoms with Crippen molar-refractivity contribution in [3.63, 3.8) is 0 Å². The van der Waals surface area contributed by atoms with Crippen LogP contribution in [0.1, 0.15) is 39.1 Å². The van der Waals surface area contributed by atoms with Gasteiger partial charge in [0.05, 0.1) is 12.2 Å². The molecule has 1 aromatic heterocycles. The first-order valence-electron chi connectivity index (χ1n) is 11.6. The van der Waals surface area contributed by atoms with E-state index >= 15 is 0 Å². The molecule has 0 spiro atoms. The minimum absolute atomic E-state index is 0.0708. The van der Waals surface area contributed by atoms with E-state index in [0.29, 0.717) is 18.7 Å². The highest BCUT2D eigenvalue weighted by molar-refractivity contribution is 6.00. The zero-order valence-corrected chi connectivity index (χ0v) is 18.8. The van der Waals surface area contributed by atoms with Crippen LogP contribution in [0.2, 0.25) is 0 Å². The Balaban J connectivity index is 1.25. The quantitative estimate of drug-likeness (QED) is 0.361. The Labute approximate surface area is 197 Å². The van der Waals surface area contributed by atoms with Gasteiger partial charge in [-0.1, -0.05) is 36.4 Å². The van der Waals surface area contributed by atoms with Crippen molar-refractivity contribution in [1.82, 2.24) is 9.88 Å². The summed E-state index contributed by atoms with van der Waals surface area (Å²) in [7, 11) is 0. The number of carbonyl (C=O) groups is 2. The van der Waals surface area contributed by atoms with Crippen molar-refractivity contribution in [2.24, 2.45) is 0 Å². The summed E-state index contributed by atoms with van der Waals surface area (Å²) in [5, 5.41) is 13.5. The molecule has 2 N–H and O–H groups in total. The van der Waals surface area contributed by atoms with Crippen molar-refractivity contribution in [1.29, 1.82) is 0 Å². The van der Waals surface area contributed by atoms with Crippen molar-refractivity contribution in [3.8, 4) is 16.9 Å². The van der Waals surface area contributed by atoms with Crippen LogP contribution in [0, 0.1) is 0 Å². The van der Waals surface area contributed by atoms with Gasteiger partial charge in [0.25, 0.3) is 5.91 Å². The summed E-state index contributed by atoms with van der Waals surface area (Å²) >= 11 is 0. The predicted molar refractivity (Wildman–Crippen MR) is 132 cm³/mol. The molecule has 4 aromatic rings. The number of rotatable bonds is 8. The van der Waals surface area contributed by atoms with Gasteiger partial charge in [0.1, 0.15) is 5.75 Å². The van der Waals surface area contributed by atoms with E-state index in [-0.39, 0.29) is 11.5 Å². The van der Waals surface area contributed by atoms with Gasteiger partial charge in [-0.15, -0.1) is 0 Å². The van der Waals surface area contributed by atoms with E-state index in [1.807, 2.05) is 36.4 Å². The number of hydrogen-bond donors (Lipinski definition) is 2. The summed E-state index contributed by atoms with van der Waals surface area (Å²) in [5.74, 6) is -0.133. The molecule has 1 aliphatic heterocycles. The molecule has 0 radical (unpaired) electrons. The van der Waals surface area contributed by atoms with Crippen molar-refractivity contribution in [2.45, 2.75) is 25.8 Å². The first-order valence-corrected chi connectivity index (χ1v) is 11.6. The minimum Gasteiger partial charge on any atom is -0.493 e. The van der Waals surface area contributed by atoms with E-state index in [4.69, 9.17) is 4.74 Å². The fourth-order valence-corrected chi connectivity index (χ4v) is 4.50. The average molecular weight is 455 g/mol. The van der Waals surface area contributed by atoms with Crippen molar-refractivity contribution < 1.29 is 19.4 Å². The van der Waals surface area contributed by atoms with Gasteiger partial charge in [0, 0.05) is 47.7 Å². The Morgan fingerprint density at radius 2 is 1.79 bits per heavy atom. The first kappa shape index (κ1) is 21.8. The van der Waals surface area contributed by atoms with Gasteiger partial charge in [-0.25, -0.2) is 4.79 Å². The number of unbranched alkanes of at least 4 members (excludes halogenated alkanes) is 1. The number of hydrogen-bond acceptors (Lipinski definition) is 3. The lowest BCUT2D eigenvalue weighted by molar-refractivity contribution is 0.0696. The molecule has 6 nitrogen and oxygen atoms in total. The number of aromatic carboxylic acids is 1. The molecule has 0 fully saturated rings. The number of carbonyl (C=O) groups excluding carboxylic acids is 1. The number of fused-ring (bicyclic) bond motifs is 2. The molecule has 34 heavy (non-hydrogen) atoms. The third kappa shape index (κ3) is 4.39. The van der Waals surface area contributed by atoms with E-state index in [9.17, 15) is 14.7 Å². The van der Waals surface area contributed by atoms with Crippen LogP contribution in [-0.2, 0) is 13.0 Å². The fraction of sp³-hybridized carbons (Fsp3) is 0.214. The Bertz CT molecular complexity index is 1360. The van der Waals surface area contributed by atoms with E-state index in [0.717, 1.165) is 59.2 Å². The average Bonchev–Trinajstić information content (AvgIpc) is 3.48. The summed E-state index contributed by atoms with van der Waals surface area (Å²) in [4.78, 5) is 24.0. The van der Waals surface area contributed by atoms with Crippen LogP contribution in [-0.4, -0.2) is 34.7 Å². The van der Waals surface area contributed by atoms with Gasteiger partial charge in [-0.2, -0.15) is 0 Å². The topological polar surface area (TPSA) is 80.6 Å². The van der Waals surface area contributed by atoms with Gasteiger partial charge in [-0.3, -0.25) is 4.79 Å². The molecule has 0 saturated heterocycles. The van der Waals surface area contributed by atoms with Crippen molar-refractivity contribution in [3.05, 3.63) is 89.6 Å². The summed E-state index contributed by atoms with van der Waals surface area (Å²) in [6.07, 6.45) is 4.61. The van der Waals surface area contributed by atoms with Gasteiger partial charge in [-0.05, 0) is 54.3 Å². The molecule has 0 atom stereocenters. The maximum Gasteiger partial charge on any atom is 0.335 e. The Morgan fingerprint density at radius 1 is 0.971 bits per heavy atom. The zero-order valence-electron chi connectivity index (χ0n) is 18.8. The lowest BCUT2D eigenvalue weighted by Crippen LogP contribution is -2.24. The standard InChI is InChI=1S/C28H26N2O4/c31-27(21-9-11-26-20(16-21)12-15-34-26)29-13-4-5-14-30-18-24(19-6-2-1-3-7-19)23-10-8-22(28(32)33)17-25(23)30/h1-3,6-11,16-18H,4-5,12-15H2,(H,29,31)(H,32,33). The first-order chi connectivity index (χ1) is 16.6. The van der Waals surface area contributed by atoms with E-state index in [1.54, 1.807) is 18.2 Å². The number of amides is 1. The number of aromatic nitrogens is 1. The molecule has 2 heterocycles. The molecule has 1 amide bonds. The van der Waals surface area contributed by atoms with Crippen LogP contribution in [0.25, 0.3) is 22.0 Å². The minimum atomic E-state index is -0.934. The molecular weight excluding hydrogens is 428 g/mol. The normalized spacial score (nSPS) is 12.4. The molecule has 0 saturated carbocycles. The van der Waals surface area contributed by atoms with Gasteiger partial charge in [0.15, 0.2) is 0 Å². The summed E-state index contributed by atoms with van der Waals surface area (Å²) < 4.78 is 7.62. The van der Waals surface area contributed by atoms with Crippen LogP contribution in [0.4, 0.5) is 0 Å².